The lowest BCUT2D eigenvalue weighted by molar-refractivity contribution is -0.315. The normalized spacial score (nSPS) is 38.2. The summed E-state index contributed by atoms with van der Waals surface area (Å²) < 4.78 is 0. The molecule has 1 saturated carbocycles. The van der Waals surface area contributed by atoms with Crippen LogP contribution in [-0.4, -0.2) is 12.2 Å². The van der Waals surface area contributed by atoms with Gasteiger partial charge >= 0.3 is 0 Å². The van der Waals surface area contributed by atoms with E-state index < -0.39 is 0 Å². The molecule has 2 fully saturated rings. The zero-order valence-corrected chi connectivity index (χ0v) is 7.54. The molecular weight excluding hydrogens is 152 g/mol. The van der Waals surface area contributed by atoms with Gasteiger partial charge in [-0.1, -0.05) is 17.7 Å². The van der Waals surface area contributed by atoms with Crippen molar-refractivity contribution >= 4 is 0 Å². The van der Waals surface area contributed by atoms with E-state index >= 15 is 0 Å². The Kier molecular flexibility index (Phi) is 2.03. The van der Waals surface area contributed by atoms with Crippen LogP contribution in [0, 0.1) is 0 Å². The summed E-state index contributed by atoms with van der Waals surface area (Å²) in [5, 5.41) is 0. The van der Waals surface area contributed by atoms with Gasteiger partial charge in [-0.05, 0) is 32.3 Å². The monoisotopic (exact) mass is 166 g/mol. The average Bonchev–Trinajstić information content (AvgIpc) is 2.65. The van der Waals surface area contributed by atoms with Crippen LogP contribution < -0.4 is 0 Å². The van der Waals surface area contributed by atoms with Gasteiger partial charge in [0.1, 0.15) is 12.2 Å². The Balaban J connectivity index is 2.19. The Morgan fingerprint density at radius 2 is 1.92 bits per heavy atom. The Labute approximate surface area is 72.8 Å². The number of hydrogen-bond acceptors (Lipinski definition) is 2. The molecule has 0 amide bonds. The highest BCUT2D eigenvalue weighted by molar-refractivity contribution is 5.30. The van der Waals surface area contributed by atoms with E-state index in [4.69, 9.17) is 9.78 Å². The van der Waals surface area contributed by atoms with E-state index in [9.17, 15) is 0 Å². The van der Waals surface area contributed by atoms with Gasteiger partial charge in [0.05, 0.1) is 0 Å². The molecule has 1 heterocycles. The number of allylic oxidation sites excluding steroid dienone is 3. The third-order valence-corrected chi connectivity index (χ3v) is 2.57. The fraction of sp³-hybridized carbons (Fsp3) is 0.600. The molecule has 1 aliphatic heterocycles. The second-order valence-corrected chi connectivity index (χ2v) is 3.42. The Morgan fingerprint density at radius 1 is 1.33 bits per heavy atom. The van der Waals surface area contributed by atoms with Gasteiger partial charge in [0.2, 0.25) is 0 Å². The summed E-state index contributed by atoms with van der Waals surface area (Å²) in [6.07, 6.45) is 7.01. The van der Waals surface area contributed by atoms with E-state index in [2.05, 4.69) is 19.1 Å². The molecule has 2 heteroatoms. The molecule has 2 bridgehead atoms. The minimum Gasteiger partial charge on any atom is -0.228 e. The molecule has 2 aliphatic rings. The van der Waals surface area contributed by atoms with Crippen LogP contribution in [0.2, 0.25) is 0 Å². The number of rotatable bonds is 1. The maximum atomic E-state index is 5.11. The first-order valence-corrected chi connectivity index (χ1v) is 4.48. The maximum absolute atomic E-state index is 5.11. The van der Waals surface area contributed by atoms with Crippen LogP contribution in [-0.2, 0) is 9.78 Å². The van der Waals surface area contributed by atoms with Crippen LogP contribution in [0.5, 0.6) is 0 Å². The first-order chi connectivity index (χ1) is 5.81. The standard InChI is InChI=1S/C10H14O2/c1-3-7(2)6-8-9-4-5-10(8)12-11-9/h3,6,9-10H,4-5H2,1-2H3/b7-3+,8-6?/t9-,10+. The predicted octanol–water partition coefficient (Wildman–Crippen LogP) is 2.37. The summed E-state index contributed by atoms with van der Waals surface area (Å²) in [7, 11) is 0. The fourth-order valence-electron chi connectivity index (χ4n) is 1.72. The smallest absolute Gasteiger partial charge is 0.117 e. The van der Waals surface area contributed by atoms with Crippen molar-refractivity contribution in [2.45, 2.75) is 38.9 Å². The van der Waals surface area contributed by atoms with Crippen molar-refractivity contribution in [3.05, 3.63) is 23.3 Å². The van der Waals surface area contributed by atoms with Crippen LogP contribution in [0.15, 0.2) is 23.3 Å². The van der Waals surface area contributed by atoms with Crippen molar-refractivity contribution in [3.63, 3.8) is 0 Å². The first-order valence-electron chi connectivity index (χ1n) is 4.48. The molecule has 2 atom stereocenters. The topological polar surface area (TPSA) is 18.5 Å². The van der Waals surface area contributed by atoms with Crippen LogP contribution >= 0.6 is 0 Å². The molecule has 0 unspecified atom stereocenters. The highest BCUT2D eigenvalue weighted by Crippen LogP contribution is 2.37. The minimum atomic E-state index is 0.241. The first kappa shape index (κ1) is 8.02. The SMILES string of the molecule is C/C=C(\C)C=C1[C@@H]2CC[C@H]1OO2. The van der Waals surface area contributed by atoms with Gasteiger partial charge in [-0.2, -0.15) is 0 Å². The molecule has 2 rings (SSSR count). The lowest BCUT2D eigenvalue weighted by Gasteiger charge is -2.05. The maximum Gasteiger partial charge on any atom is 0.117 e. The summed E-state index contributed by atoms with van der Waals surface area (Å²) in [6, 6.07) is 0. The van der Waals surface area contributed by atoms with Gasteiger partial charge < -0.3 is 0 Å². The van der Waals surface area contributed by atoms with E-state index in [1.807, 2.05) is 6.92 Å². The van der Waals surface area contributed by atoms with E-state index in [0.717, 1.165) is 12.8 Å². The molecule has 1 aliphatic carbocycles. The largest absolute Gasteiger partial charge is 0.228 e. The van der Waals surface area contributed by atoms with E-state index in [1.165, 1.54) is 11.1 Å². The summed E-state index contributed by atoms with van der Waals surface area (Å²) in [5.74, 6) is 0. The van der Waals surface area contributed by atoms with Crippen molar-refractivity contribution < 1.29 is 9.78 Å². The van der Waals surface area contributed by atoms with Gasteiger partial charge in [0.15, 0.2) is 0 Å². The van der Waals surface area contributed by atoms with Crippen molar-refractivity contribution in [2.24, 2.45) is 0 Å². The summed E-state index contributed by atoms with van der Waals surface area (Å²) >= 11 is 0. The molecule has 12 heavy (non-hydrogen) atoms. The summed E-state index contributed by atoms with van der Waals surface area (Å²) in [6.45, 7) is 4.15. The minimum absolute atomic E-state index is 0.241. The van der Waals surface area contributed by atoms with E-state index in [1.54, 1.807) is 0 Å². The average molecular weight is 166 g/mol. The molecule has 0 aromatic heterocycles. The van der Waals surface area contributed by atoms with Crippen molar-refractivity contribution in [1.29, 1.82) is 0 Å². The zero-order valence-electron chi connectivity index (χ0n) is 7.54. The second kappa shape index (κ2) is 3.04. The number of fused-ring (bicyclic) bond motifs is 2. The Bertz CT molecular complexity index is 218. The van der Waals surface area contributed by atoms with E-state index in [0.29, 0.717) is 0 Å². The molecule has 0 spiro atoms. The molecule has 2 nitrogen and oxygen atoms in total. The molecule has 66 valence electrons. The predicted molar refractivity (Wildman–Crippen MR) is 46.5 cm³/mol. The van der Waals surface area contributed by atoms with Gasteiger partial charge in [0, 0.05) is 0 Å². The molecule has 0 aromatic carbocycles. The molecule has 0 aromatic rings. The highest BCUT2D eigenvalue weighted by Gasteiger charge is 2.39. The van der Waals surface area contributed by atoms with Gasteiger partial charge in [-0.15, -0.1) is 0 Å². The van der Waals surface area contributed by atoms with Crippen LogP contribution in [0.1, 0.15) is 26.7 Å². The van der Waals surface area contributed by atoms with Crippen LogP contribution in [0.4, 0.5) is 0 Å². The lowest BCUT2D eigenvalue weighted by atomic mass is 10.1. The number of hydrogen-bond donors (Lipinski definition) is 0. The molecule has 0 radical (unpaired) electrons. The van der Waals surface area contributed by atoms with Crippen molar-refractivity contribution in [1.82, 2.24) is 0 Å². The van der Waals surface area contributed by atoms with Crippen LogP contribution in [0.3, 0.4) is 0 Å². The Morgan fingerprint density at radius 3 is 2.33 bits per heavy atom. The quantitative estimate of drug-likeness (QED) is 0.557. The molecule has 0 N–H and O–H groups in total. The van der Waals surface area contributed by atoms with Gasteiger partial charge in [-0.3, -0.25) is 0 Å². The molecule has 1 saturated heterocycles. The summed E-state index contributed by atoms with van der Waals surface area (Å²) in [4.78, 5) is 10.2. The third-order valence-electron chi connectivity index (χ3n) is 2.57. The fourth-order valence-corrected chi connectivity index (χ4v) is 1.72. The second-order valence-electron chi connectivity index (χ2n) is 3.42. The highest BCUT2D eigenvalue weighted by atomic mass is 17.2. The van der Waals surface area contributed by atoms with Crippen molar-refractivity contribution in [2.75, 3.05) is 0 Å². The third kappa shape index (κ3) is 1.21. The van der Waals surface area contributed by atoms with Gasteiger partial charge in [-0.25, -0.2) is 9.78 Å². The van der Waals surface area contributed by atoms with Gasteiger partial charge in [0.25, 0.3) is 0 Å². The molecular formula is C10H14O2. The van der Waals surface area contributed by atoms with Crippen molar-refractivity contribution in [3.8, 4) is 0 Å². The lowest BCUT2D eigenvalue weighted by Crippen LogP contribution is -2.05. The van der Waals surface area contributed by atoms with Crippen LogP contribution in [0.25, 0.3) is 0 Å². The zero-order chi connectivity index (χ0) is 8.55. The summed E-state index contributed by atoms with van der Waals surface area (Å²) in [5.41, 5.74) is 2.61. The Hall–Kier alpha value is -0.600. The van der Waals surface area contributed by atoms with E-state index in [-0.39, 0.29) is 12.2 Å².